The molecule has 1 rings (SSSR count). The van der Waals surface area contributed by atoms with Gasteiger partial charge in [-0.25, -0.2) is 4.98 Å². The summed E-state index contributed by atoms with van der Waals surface area (Å²) < 4.78 is 36.2. The van der Waals surface area contributed by atoms with Gasteiger partial charge in [-0.2, -0.15) is 18.2 Å². The van der Waals surface area contributed by atoms with E-state index in [9.17, 15) is 13.2 Å². The Hall–Kier alpha value is -1.05. The van der Waals surface area contributed by atoms with Gasteiger partial charge >= 0.3 is 6.18 Å². The first-order valence-electron chi connectivity index (χ1n) is 4.97. The molecular formula is C9H12BrF3N4. The van der Waals surface area contributed by atoms with E-state index < -0.39 is 12.6 Å². The molecule has 0 aromatic carbocycles. The highest BCUT2D eigenvalue weighted by Crippen LogP contribution is 2.23. The molecule has 1 aromatic rings. The summed E-state index contributed by atoms with van der Waals surface area (Å²) in [5.41, 5.74) is 5.38. The molecule has 1 aromatic heterocycles. The van der Waals surface area contributed by atoms with Crippen LogP contribution in [-0.2, 0) is 0 Å². The first-order chi connectivity index (χ1) is 7.88. The van der Waals surface area contributed by atoms with Crippen LogP contribution in [0, 0.1) is 0 Å². The molecule has 0 radical (unpaired) electrons. The van der Waals surface area contributed by atoms with E-state index in [2.05, 4.69) is 31.2 Å². The van der Waals surface area contributed by atoms with E-state index in [1.165, 1.54) is 6.20 Å². The predicted molar refractivity (Wildman–Crippen MR) is 62.5 cm³/mol. The number of anilines is 2. The van der Waals surface area contributed by atoms with Crippen molar-refractivity contribution in [2.75, 3.05) is 17.6 Å². The SMILES string of the molecule is Nc1ncc(Br)c(NCCCCC(F)(F)F)n1. The van der Waals surface area contributed by atoms with Gasteiger partial charge in [0.2, 0.25) is 5.95 Å². The van der Waals surface area contributed by atoms with Gasteiger partial charge in [-0.3, -0.25) is 0 Å². The minimum Gasteiger partial charge on any atom is -0.369 e. The number of nitrogen functional groups attached to an aromatic ring is 1. The second-order valence-corrected chi connectivity index (χ2v) is 4.28. The first kappa shape index (κ1) is 14.0. The Labute approximate surface area is 105 Å². The molecule has 0 fully saturated rings. The number of nitrogens with two attached hydrogens (primary N) is 1. The standard InChI is InChI=1S/C9H12BrF3N4/c10-6-5-16-8(14)17-7(6)15-4-2-1-3-9(11,12)13/h5H,1-4H2,(H3,14,15,16,17). The molecule has 0 saturated carbocycles. The Morgan fingerprint density at radius 2 is 2.06 bits per heavy atom. The average molecular weight is 313 g/mol. The van der Waals surface area contributed by atoms with E-state index in [0.717, 1.165) is 0 Å². The maximum Gasteiger partial charge on any atom is 0.389 e. The van der Waals surface area contributed by atoms with Crippen molar-refractivity contribution >= 4 is 27.7 Å². The van der Waals surface area contributed by atoms with Crippen molar-refractivity contribution in [3.63, 3.8) is 0 Å². The van der Waals surface area contributed by atoms with Crippen molar-refractivity contribution < 1.29 is 13.2 Å². The molecule has 1 heterocycles. The summed E-state index contributed by atoms with van der Waals surface area (Å²) >= 11 is 3.21. The lowest BCUT2D eigenvalue weighted by Crippen LogP contribution is -2.10. The molecule has 0 atom stereocenters. The number of nitrogens with one attached hydrogen (secondary N) is 1. The van der Waals surface area contributed by atoms with Gasteiger partial charge in [-0.05, 0) is 28.8 Å². The predicted octanol–water partition coefficient (Wildman–Crippen LogP) is 2.97. The van der Waals surface area contributed by atoms with Crippen molar-refractivity contribution in [1.82, 2.24) is 9.97 Å². The maximum atomic E-state index is 11.9. The number of hydrogen-bond acceptors (Lipinski definition) is 4. The highest BCUT2D eigenvalue weighted by atomic mass is 79.9. The quantitative estimate of drug-likeness (QED) is 0.820. The largest absolute Gasteiger partial charge is 0.389 e. The van der Waals surface area contributed by atoms with Crippen molar-refractivity contribution in [3.8, 4) is 0 Å². The topological polar surface area (TPSA) is 63.8 Å². The third-order valence-corrected chi connectivity index (χ3v) is 2.52. The molecule has 4 nitrogen and oxygen atoms in total. The van der Waals surface area contributed by atoms with E-state index in [0.29, 0.717) is 23.3 Å². The third-order valence-electron chi connectivity index (χ3n) is 1.94. The fraction of sp³-hybridized carbons (Fsp3) is 0.556. The van der Waals surface area contributed by atoms with Crippen molar-refractivity contribution in [3.05, 3.63) is 10.7 Å². The molecule has 0 aliphatic rings. The first-order valence-corrected chi connectivity index (χ1v) is 5.76. The number of halogens is 4. The third kappa shape index (κ3) is 5.71. The van der Waals surface area contributed by atoms with Crippen LogP contribution in [0.5, 0.6) is 0 Å². The molecule has 0 aliphatic heterocycles. The van der Waals surface area contributed by atoms with Crippen LogP contribution in [0.1, 0.15) is 19.3 Å². The van der Waals surface area contributed by atoms with Gasteiger partial charge in [0.05, 0.1) is 4.47 Å². The van der Waals surface area contributed by atoms with Crippen molar-refractivity contribution in [2.45, 2.75) is 25.4 Å². The zero-order valence-electron chi connectivity index (χ0n) is 8.89. The molecule has 0 aliphatic carbocycles. The van der Waals surface area contributed by atoms with Gasteiger partial charge in [0.1, 0.15) is 5.82 Å². The van der Waals surface area contributed by atoms with Crippen LogP contribution in [0.3, 0.4) is 0 Å². The number of unbranched alkanes of at least 4 members (excludes halogenated alkanes) is 1. The van der Waals surface area contributed by atoms with Crippen LogP contribution in [0.4, 0.5) is 24.9 Å². The van der Waals surface area contributed by atoms with Crippen LogP contribution < -0.4 is 11.1 Å². The summed E-state index contributed by atoms with van der Waals surface area (Å²) in [6.07, 6.45) is -2.85. The summed E-state index contributed by atoms with van der Waals surface area (Å²) in [4.78, 5) is 7.65. The second kappa shape index (κ2) is 6.04. The monoisotopic (exact) mass is 312 g/mol. The molecule has 17 heavy (non-hydrogen) atoms. The minimum atomic E-state index is -4.08. The van der Waals surface area contributed by atoms with Gasteiger partial charge < -0.3 is 11.1 Å². The molecular weight excluding hydrogens is 301 g/mol. The average Bonchev–Trinajstić information content (AvgIpc) is 2.21. The van der Waals surface area contributed by atoms with Crippen molar-refractivity contribution in [2.24, 2.45) is 0 Å². The van der Waals surface area contributed by atoms with Crippen LogP contribution >= 0.6 is 15.9 Å². The Morgan fingerprint density at radius 1 is 1.35 bits per heavy atom. The summed E-state index contributed by atoms with van der Waals surface area (Å²) in [7, 11) is 0. The Balaban J connectivity index is 2.29. The number of hydrogen-bond donors (Lipinski definition) is 2. The Morgan fingerprint density at radius 3 is 2.71 bits per heavy atom. The molecule has 96 valence electrons. The number of alkyl halides is 3. The smallest absolute Gasteiger partial charge is 0.369 e. The minimum absolute atomic E-state index is 0.0919. The van der Waals surface area contributed by atoms with Crippen LogP contribution in [-0.4, -0.2) is 22.7 Å². The highest BCUT2D eigenvalue weighted by Gasteiger charge is 2.25. The molecule has 8 heteroatoms. The summed E-state index contributed by atoms with van der Waals surface area (Å²) in [6.45, 7) is 0.408. The molecule has 0 unspecified atom stereocenters. The van der Waals surface area contributed by atoms with Gasteiger partial charge in [-0.15, -0.1) is 0 Å². The lowest BCUT2D eigenvalue weighted by Gasteiger charge is -2.08. The van der Waals surface area contributed by atoms with Crippen LogP contribution in [0.25, 0.3) is 0 Å². The van der Waals surface area contributed by atoms with Gasteiger partial charge in [0, 0.05) is 19.2 Å². The van der Waals surface area contributed by atoms with Gasteiger partial charge in [0.15, 0.2) is 0 Å². The summed E-state index contributed by atoms with van der Waals surface area (Å²) in [5.74, 6) is 0.607. The van der Waals surface area contributed by atoms with E-state index in [4.69, 9.17) is 5.73 Å². The van der Waals surface area contributed by atoms with E-state index in [1.807, 2.05) is 0 Å². The molecule has 0 saturated heterocycles. The highest BCUT2D eigenvalue weighted by molar-refractivity contribution is 9.10. The molecule has 0 spiro atoms. The maximum absolute atomic E-state index is 11.9. The zero-order valence-corrected chi connectivity index (χ0v) is 10.5. The van der Waals surface area contributed by atoms with Gasteiger partial charge in [-0.1, -0.05) is 0 Å². The van der Waals surface area contributed by atoms with Gasteiger partial charge in [0.25, 0.3) is 0 Å². The summed E-state index contributed by atoms with van der Waals surface area (Å²) in [6, 6.07) is 0. The lowest BCUT2D eigenvalue weighted by atomic mass is 10.2. The van der Waals surface area contributed by atoms with E-state index >= 15 is 0 Å². The van der Waals surface area contributed by atoms with Crippen LogP contribution in [0.2, 0.25) is 0 Å². The molecule has 0 amide bonds. The fourth-order valence-electron chi connectivity index (χ4n) is 1.16. The fourth-order valence-corrected chi connectivity index (χ4v) is 1.49. The Kier molecular flexibility index (Phi) is 4.98. The Bertz CT molecular complexity index is 370. The van der Waals surface area contributed by atoms with Crippen LogP contribution in [0.15, 0.2) is 10.7 Å². The van der Waals surface area contributed by atoms with Crippen molar-refractivity contribution in [1.29, 1.82) is 0 Å². The summed E-state index contributed by atoms with van der Waals surface area (Å²) in [5, 5.41) is 2.89. The number of nitrogens with zero attached hydrogens (tertiary/aromatic N) is 2. The second-order valence-electron chi connectivity index (χ2n) is 3.42. The number of aromatic nitrogens is 2. The molecule has 0 bridgehead atoms. The molecule has 3 N–H and O–H groups in total. The number of rotatable bonds is 5. The normalized spacial score (nSPS) is 11.5. The van der Waals surface area contributed by atoms with E-state index in [1.54, 1.807) is 0 Å². The zero-order chi connectivity index (χ0) is 12.9. The lowest BCUT2D eigenvalue weighted by molar-refractivity contribution is -0.135. The van der Waals surface area contributed by atoms with E-state index in [-0.39, 0.29) is 12.4 Å².